The average Bonchev–Trinajstić information content (AvgIpc) is 3.40. The number of hydrogen-bond acceptors (Lipinski definition) is 6. The highest BCUT2D eigenvalue weighted by Crippen LogP contribution is 2.29. The van der Waals surface area contributed by atoms with E-state index in [4.69, 9.17) is 4.74 Å². The molecule has 0 bridgehead atoms. The number of piperazine rings is 1. The zero-order valence-electron chi connectivity index (χ0n) is 16.2. The van der Waals surface area contributed by atoms with Gasteiger partial charge in [0, 0.05) is 37.9 Å². The zero-order valence-corrected chi connectivity index (χ0v) is 16.2. The van der Waals surface area contributed by atoms with Gasteiger partial charge in [-0.25, -0.2) is 4.98 Å². The van der Waals surface area contributed by atoms with Crippen LogP contribution >= 0.6 is 0 Å². The van der Waals surface area contributed by atoms with Crippen LogP contribution in [0.3, 0.4) is 0 Å². The highest BCUT2D eigenvalue weighted by atomic mass is 16.5. The zero-order chi connectivity index (χ0) is 19.1. The van der Waals surface area contributed by atoms with E-state index in [1.807, 2.05) is 22.8 Å². The molecule has 28 heavy (non-hydrogen) atoms. The predicted molar refractivity (Wildman–Crippen MR) is 108 cm³/mol. The lowest BCUT2D eigenvalue weighted by molar-refractivity contribution is 0.0785. The number of aliphatic hydroxyl groups is 1. The molecule has 2 atom stereocenters. The van der Waals surface area contributed by atoms with Crippen molar-refractivity contribution in [3.8, 4) is 0 Å². The minimum Gasteiger partial charge on any atom is -0.389 e. The van der Waals surface area contributed by atoms with Gasteiger partial charge in [-0.1, -0.05) is 12.8 Å². The summed E-state index contributed by atoms with van der Waals surface area (Å²) >= 11 is 0. The quantitative estimate of drug-likeness (QED) is 0.863. The van der Waals surface area contributed by atoms with E-state index in [9.17, 15) is 9.90 Å². The minimum atomic E-state index is -0.376. The normalized spacial score (nSPS) is 27.1. The highest BCUT2D eigenvalue weighted by molar-refractivity contribution is 5.81. The standard InChI is InChI=1S/C21H28N4O3/c26-20-13-28-12-19(20)24-9-7-23(8-10-24)16-5-6-17-18(11-16)22-14-25(21(17)27)15-3-1-2-4-15/h5-6,11,14-15,19-20,26H,1-4,7-10,12-13H2. The summed E-state index contributed by atoms with van der Waals surface area (Å²) in [5.41, 5.74) is 1.98. The third-order valence-corrected chi connectivity index (χ3v) is 6.66. The summed E-state index contributed by atoms with van der Waals surface area (Å²) < 4.78 is 7.23. The molecule has 0 amide bonds. The lowest BCUT2D eigenvalue weighted by Crippen LogP contribution is -2.53. The number of anilines is 1. The van der Waals surface area contributed by atoms with E-state index >= 15 is 0 Å². The molecule has 5 rings (SSSR count). The van der Waals surface area contributed by atoms with E-state index in [0.29, 0.717) is 24.6 Å². The van der Waals surface area contributed by atoms with Crippen LogP contribution in [-0.4, -0.2) is 71.1 Å². The number of aromatic nitrogens is 2. The Bertz CT molecular complexity index is 900. The summed E-state index contributed by atoms with van der Waals surface area (Å²) in [6.45, 7) is 4.66. The second-order valence-corrected chi connectivity index (χ2v) is 8.29. The molecule has 7 nitrogen and oxygen atoms in total. The monoisotopic (exact) mass is 384 g/mol. The van der Waals surface area contributed by atoms with Gasteiger partial charge in [0.05, 0.1) is 42.6 Å². The van der Waals surface area contributed by atoms with Crippen molar-refractivity contribution in [3.05, 3.63) is 34.9 Å². The van der Waals surface area contributed by atoms with Gasteiger partial charge in [-0.15, -0.1) is 0 Å². The lowest BCUT2D eigenvalue weighted by Gasteiger charge is -2.39. The van der Waals surface area contributed by atoms with Crippen molar-refractivity contribution in [3.63, 3.8) is 0 Å². The van der Waals surface area contributed by atoms with E-state index in [0.717, 1.165) is 50.2 Å². The van der Waals surface area contributed by atoms with Crippen molar-refractivity contribution in [2.45, 2.75) is 43.9 Å². The Hall–Kier alpha value is -1.96. The summed E-state index contributed by atoms with van der Waals surface area (Å²) in [6, 6.07) is 6.46. The number of fused-ring (bicyclic) bond motifs is 1. The smallest absolute Gasteiger partial charge is 0.261 e. The summed E-state index contributed by atoms with van der Waals surface area (Å²) in [7, 11) is 0. The molecular weight excluding hydrogens is 356 g/mol. The fraction of sp³-hybridized carbons (Fsp3) is 0.619. The van der Waals surface area contributed by atoms with Gasteiger partial charge in [0.15, 0.2) is 0 Å². The molecule has 1 aliphatic carbocycles. The molecule has 7 heteroatoms. The molecule has 1 N–H and O–H groups in total. The maximum absolute atomic E-state index is 12.9. The van der Waals surface area contributed by atoms with Crippen LogP contribution in [0.25, 0.3) is 10.9 Å². The molecular formula is C21H28N4O3. The van der Waals surface area contributed by atoms with Crippen LogP contribution < -0.4 is 10.5 Å². The third-order valence-electron chi connectivity index (χ3n) is 6.66. The number of ether oxygens (including phenoxy) is 1. The van der Waals surface area contributed by atoms with Crippen molar-refractivity contribution in [1.82, 2.24) is 14.5 Å². The Labute approximate surface area is 164 Å². The largest absolute Gasteiger partial charge is 0.389 e. The van der Waals surface area contributed by atoms with Crippen molar-refractivity contribution in [1.29, 1.82) is 0 Å². The van der Waals surface area contributed by atoms with Gasteiger partial charge >= 0.3 is 0 Å². The fourth-order valence-electron chi connectivity index (χ4n) is 4.96. The second kappa shape index (κ2) is 7.46. The molecule has 2 aliphatic heterocycles. The topological polar surface area (TPSA) is 70.8 Å². The first kappa shape index (κ1) is 18.1. The summed E-state index contributed by atoms with van der Waals surface area (Å²) in [5, 5.41) is 10.8. The number of rotatable bonds is 3. The number of benzene rings is 1. The molecule has 2 saturated heterocycles. The first-order valence-electron chi connectivity index (χ1n) is 10.5. The molecule has 0 radical (unpaired) electrons. The van der Waals surface area contributed by atoms with E-state index in [1.165, 1.54) is 12.8 Å². The number of nitrogens with zero attached hydrogens (tertiary/aromatic N) is 4. The van der Waals surface area contributed by atoms with Crippen LogP contribution in [0.2, 0.25) is 0 Å². The molecule has 1 saturated carbocycles. The first-order chi connectivity index (χ1) is 13.7. The van der Waals surface area contributed by atoms with Crippen LogP contribution in [0.5, 0.6) is 0 Å². The van der Waals surface area contributed by atoms with Gasteiger partial charge < -0.3 is 14.7 Å². The fourth-order valence-corrected chi connectivity index (χ4v) is 4.96. The Morgan fingerprint density at radius 2 is 1.86 bits per heavy atom. The predicted octanol–water partition coefficient (Wildman–Crippen LogP) is 1.39. The Kier molecular flexibility index (Phi) is 4.82. The molecule has 3 aliphatic rings. The molecule has 1 aromatic heterocycles. The van der Waals surface area contributed by atoms with Gasteiger partial charge in [-0.3, -0.25) is 14.3 Å². The molecule has 2 unspecified atom stereocenters. The van der Waals surface area contributed by atoms with Crippen molar-refractivity contribution < 1.29 is 9.84 Å². The average molecular weight is 384 g/mol. The Balaban J connectivity index is 1.33. The van der Waals surface area contributed by atoms with E-state index in [1.54, 1.807) is 6.33 Å². The van der Waals surface area contributed by atoms with Crippen LogP contribution in [0.15, 0.2) is 29.3 Å². The maximum Gasteiger partial charge on any atom is 0.261 e. The lowest BCUT2D eigenvalue weighted by atomic mass is 10.1. The van der Waals surface area contributed by atoms with Gasteiger partial charge in [0.1, 0.15) is 0 Å². The van der Waals surface area contributed by atoms with Crippen molar-refractivity contribution in [2.75, 3.05) is 44.3 Å². The number of hydrogen-bond donors (Lipinski definition) is 1. The van der Waals surface area contributed by atoms with E-state index in [-0.39, 0.29) is 17.7 Å². The molecule has 3 fully saturated rings. The highest BCUT2D eigenvalue weighted by Gasteiger charge is 2.33. The van der Waals surface area contributed by atoms with Crippen molar-refractivity contribution in [2.24, 2.45) is 0 Å². The first-order valence-corrected chi connectivity index (χ1v) is 10.5. The molecule has 1 aromatic carbocycles. The van der Waals surface area contributed by atoms with Crippen LogP contribution in [0.1, 0.15) is 31.7 Å². The second-order valence-electron chi connectivity index (χ2n) is 8.29. The van der Waals surface area contributed by atoms with E-state index in [2.05, 4.69) is 14.8 Å². The third kappa shape index (κ3) is 3.21. The van der Waals surface area contributed by atoms with Crippen molar-refractivity contribution >= 4 is 16.6 Å². The molecule has 0 spiro atoms. The van der Waals surface area contributed by atoms with Gasteiger partial charge in [0.25, 0.3) is 5.56 Å². The SMILES string of the molecule is O=c1c2ccc(N3CCN(C4COCC4O)CC3)cc2ncn1C1CCCC1. The Morgan fingerprint density at radius 1 is 1.07 bits per heavy atom. The number of aliphatic hydroxyl groups excluding tert-OH is 1. The minimum absolute atomic E-state index is 0.0866. The van der Waals surface area contributed by atoms with E-state index < -0.39 is 0 Å². The molecule has 150 valence electrons. The molecule has 3 heterocycles. The summed E-state index contributed by atoms with van der Waals surface area (Å²) in [6.07, 6.45) is 5.92. The maximum atomic E-state index is 12.9. The molecule has 2 aromatic rings. The Morgan fingerprint density at radius 3 is 2.57 bits per heavy atom. The van der Waals surface area contributed by atoms with Crippen LogP contribution in [0.4, 0.5) is 5.69 Å². The van der Waals surface area contributed by atoms with Gasteiger partial charge in [-0.05, 0) is 31.0 Å². The summed E-state index contributed by atoms with van der Waals surface area (Å²) in [4.78, 5) is 22.2. The van der Waals surface area contributed by atoms with Gasteiger partial charge in [-0.2, -0.15) is 0 Å². The summed E-state index contributed by atoms with van der Waals surface area (Å²) in [5.74, 6) is 0. The van der Waals surface area contributed by atoms with Crippen LogP contribution in [0, 0.1) is 0 Å². The van der Waals surface area contributed by atoms with Crippen LogP contribution in [-0.2, 0) is 4.74 Å². The van der Waals surface area contributed by atoms with Gasteiger partial charge in [0.2, 0.25) is 0 Å².